The molecule has 5 nitrogen and oxygen atoms in total. The number of nitrogens with one attached hydrogen (secondary N) is 1. The Morgan fingerprint density at radius 3 is 2.23 bits per heavy atom. The average molecular weight is 223 g/mol. The highest BCUT2D eigenvalue weighted by Gasteiger charge is 2.18. The third-order valence-electron chi connectivity index (χ3n) is 1.30. The van der Waals surface area contributed by atoms with Gasteiger partial charge in [-0.15, -0.1) is 20.9 Å². The first-order chi connectivity index (χ1) is 5.79. The summed E-state index contributed by atoms with van der Waals surface area (Å²) < 4.78 is 1.76. The Balaban J connectivity index is 4.62. The van der Waals surface area contributed by atoms with Crippen LogP contribution in [0.4, 0.5) is 0 Å². The molecule has 0 aliphatic carbocycles. The predicted octanol–water partition coefficient (Wildman–Crippen LogP) is 0.340. The fourth-order valence-corrected chi connectivity index (χ4v) is 2.53. The van der Waals surface area contributed by atoms with Crippen LogP contribution in [0.1, 0.15) is 6.92 Å². The first-order valence-electron chi connectivity index (χ1n) is 3.70. The number of hydrogen-bond acceptors (Lipinski definition) is 2. The van der Waals surface area contributed by atoms with E-state index in [1.165, 1.54) is 0 Å². The van der Waals surface area contributed by atoms with Crippen molar-refractivity contribution in [2.24, 2.45) is 16.5 Å². The molecule has 5 N–H and O–H groups in total. The van der Waals surface area contributed by atoms with Gasteiger partial charge in [-0.2, -0.15) is 4.99 Å². The number of aliphatic imine (C=N–C) groups is 1. The maximum absolute atomic E-state index is 7.58. The second-order valence-electron chi connectivity index (χ2n) is 2.78. The molecular formula is C6H17N5S2. The lowest BCUT2D eigenvalue weighted by atomic mass is 10.7. The Morgan fingerprint density at radius 1 is 1.54 bits per heavy atom. The Hall–Kier alpha value is -0.560. The minimum absolute atomic E-state index is 0.0671. The second-order valence-corrected chi connectivity index (χ2v) is 8.34. The Morgan fingerprint density at radius 2 is 2.00 bits per heavy atom. The van der Waals surface area contributed by atoms with E-state index < -0.39 is 9.25 Å². The number of hydrogen-bond donors (Lipinski definition) is 4. The van der Waals surface area contributed by atoms with Gasteiger partial charge in [0.2, 0.25) is 5.96 Å². The van der Waals surface area contributed by atoms with Gasteiger partial charge in [-0.3, -0.25) is 9.71 Å². The third kappa shape index (κ3) is 4.28. The molecule has 0 aromatic rings. The zero-order chi connectivity index (χ0) is 10.6. The molecule has 0 saturated carbocycles. The van der Waals surface area contributed by atoms with Crippen LogP contribution in [0.3, 0.4) is 0 Å². The van der Waals surface area contributed by atoms with Crippen molar-refractivity contribution in [2.45, 2.75) is 6.92 Å². The van der Waals surface area contributed by atoms with Gasteiger partial charge in [-0.05, 0) is 19.4 Å². The maximum Gasteiger partial charge on any atom is 0.230 e. The molecule has 0 atom stereocenters. The molecule has 0 fully saturated rings. The molecule has 0 heterocycles. The van der Waals surface area contributed by atoms with Crippen LogP contribution in [0.25, 0.3) is 0 Å². The van der Waals surface area contributed by atoms with E-state index in [1.807, 2.05) is 19.4 Å². The van der Waals surface area contributed by atoms with Crippen LogP contribution in [-0.4, -0.2) is 35.3 Å². The molecule has 0 aromatic carbocycles. The van der Waals surface area contributed by atoms with E-state index in [0.717, 1.165) is 0 Å². The van der Waals surface area contributed by atoms with E-state index in [4.69, 9.17) is 16.9 Å². The van der Waals surface area contributed by atoms with Gasteiger partial charge in [-0.25, -0.2) is 0 Å². The van der Waals surface area contributed by atoms with Crippen molar-refractivity contribution in [1.82, 2.24) is 4.31 Å². The van der Waals surface area contributed by atoms with Crippen molar-refractivity contribution in [3.8, 4) is 0 Å². The standard InChI is InChI=1S/C6H17N5S2/c1-4-11(13(2,3)12)6(9)10-5(7)8/h12H,4H2,1-3H3,(H5,7,8,9,10). The van der Waals surface area contributed by atoms with Crippen LogP contribution in [0, 0.1) is 5.41 Å². The summed E-state index contributed by atoms with van der Waals surface area (Å²) in [5.41, 5.74) is 10.3. The lowest BCUT2D eigenvalue weighted by Crippen LogP contribution is -2.33. The summed E-state index contributed by atoms with van der Waals surface area (Å²) >= 11 is 4.41. The van der Waals surface area contributed by atoms with Gasteiger partial charge in [0, 0.05) is 6.54 Å². The summed E-state index contributed by atoms with van der Waals surface area (Å²) in [5.74, 6) is -0.0297. The minimum atomic E-state index is -1.27. The van der Waals surface area contributed by atoms with Crippen LogP contribution in [0.5, 0.6) is 0 Å². The molecule has 0 bridgehead atoms. The van der Waals surface area contributed by atoms with E-state index in [9.17, 15) is 0 Å². The van der Waals surface area contributed by atoms with E-state index in [2.05, 4.69) is 16.7 Å². The predicted molar refractivity (Wildman–Crippen MR) is 64.3 cm³/mol. The Kier molecular flexibility index (Phi) is 4.41. The molecule has 0 aromatic heterocycles. The molecule has 13 heavy (non-hydrogen) atoms. The molecule has 0 aliphatic heterocycles. The van der Waals surface area contributed by atoms with Crippen LogP contribution in [-0.2, 0) is 0 Å². The number of rotatable bonds is 2. The quantitative estimate of drug-likeness (QED) is 0.235. The lowest BCUT2D eigenvalue weighted by Gasteiger charge is -2.38. The van der Waals surface area contributed by atoms with Gasteiger partial charge in [0.05, 0.1) is 0 Å². The highest BCUT2D eigenvalue weighted by atomic mass is 33.1. The van der Waals surface area contributed by atoms with Crippen molar-refractivity contribution in [2.75, 3.05) is 19.1 Å². The Bertz CT molecular complexity index is 216. The molecule has 0 spiro atoms. The van der Waals surface area contributed by atoms with E-state index in [-0.39, 0.29) is 11.9 Å². The van der Waals surface area contributed by atoms with Gasteiger partial charge in [-0.1, -0.05) is 0 Å². The average Bonchev–Trinajstić information content (AvgIpc) is 1.82. The van der Waals surface area contributed by atoms with Crippen molar-refractivity contribution in [1.29, 1.82) is 5.41 Å². The van der Waals surface area contributed by atoms with Crippen molar-refractivity contribution in [3.05, 3.63) is 0 Å². The first-order valence-corrected chi connectivity index (χ1v) is 7.16. The molecule has 0 rings (SSSR count). The first kappa shape index (κ1) is 12.4. The SMILES string of the molecule is CCN(C(=N)N=C(N)N)S(C)(C)S. The number of thiol groups is 1. The van der Waals surface area contributed by atoms with Crippen molar-refractivity contribution < 1.29 is 0 Å². The number of nitrogens with two attached hydrogens (primary N) is 2. The van der Waals surface area contributed by atoms with Crippen LogP contribution in [0.15, 0.2) is 4.99 Å². The smallest absolute Gasteiger partial charge is 0.230 e. The molecule has 7 heteroatoms. The van der Waals surface area contributed by atoms with Gasteiger partial charge in [0.15, 0.2) is 5.96 Å². The maximum atomic E-state index is 7.58. The molecule has 0 aliphatic rings. The number of nitrogens with zero attached hydrogens (tertiary/aromatic N) is 2. The monoisotopic (exact) mass is 223 g/mol. The van der Waals surface area contributed by atoms with Gasteiger partial charge in [0.1, 0.15) is 0 Å². The molecule has 0 saturated heterocycles. The fourth-order valence-electron chi connectivity index (χ4n) is 0.855. The summed E-state index contributed by atoms with van der Waals surface area (Å²) in [6.45, 7) is 2.60. The fraction of sp³-hybridized carbons (Fsp3) is 0.667. The summed E-state index contributed by atoms with van der Waals surface area (Å²) in [7, 11) is -1.27. The highest BCUT2D eigenvalue weighted by molar-refractivity contribution is 8.86. The minimum Gasteiger partial charge on any atom is -0.370 e. The largest absolute Gasteiger partial charge is 0.370 e. The zero-order valence-electron chi connectivity index (χ0n) is 8.11. The topological polar surface area (TPSA) is 91.5 Å². The van der Waals surface area contributed by atoms with E-state index in [0.29, 0.717) is 6.54 Å². The molecule has 0 radical (unpaired) electrons. The molecule has 78 valence electrons. The lowest BCUT2D eigenvalue weighted by molar-refractivity contribution is 0.693. The van der Waals surface area contributed by atoms with Gasteiger partial charge in [0.25, 0.3) is 0 Å². The number of guanidine groups is 2. The summed E-state index contributed by atoms with van der Waals surface area (Å²) in [5, 5.41) is 7.58. The van der Waals surface area contributed by atoms with Gasteiger partial charge >= 0.3 is 0 Å². The summed E-state index contributed by atoms with van der Waals surface area (Å²) in [4.78, 5) is 3.67. The van der Waals surface area contributed by atoms with Crippen molar-refractivity contribution >= 4 is 32.8 Å². The van der Waals surface area contributed by atoms with Gasteiger partial charge < -0.3 is 11.5 Å². The van der Waals surface area contributed by atoms with Crippen molar-refractivity contribution in [3.63, 3.8) is 0 Å². The van der Waals surface area contributed by atoms with Crippen LogP contribution < -0.4 is 11.5 Å². The summed E-state index contributed by atoms with van der Waals surface area (Å²) in [6, 6.07) is 0. The summed E-state index contributed by atoms with van der Waals surface area (Å²) in [6.07, 6.45) is 3.91. The van der Waals surface area contributed by atoms with Crippen LogP contribution in [0.2, 0.25) is 0 Å². The van der Waals surface area contributed by atoms with Crippen LogP contribution >= 0.6 is 20.9 Å². The van der Waals surface area contributed by atoms with E-state index in [1.54, 1.807) is 4.31 Å². The van der Waals surface area contributed by atoms with E-state index >= 15 is 0 Å². The third-order valence-corrected chi connectivity index (χ3v) is 3.40. The molecular weight excluding hydrogens is 206 g/mol. The highest BCUT2D eigenvalue weighted by Crippen LogP contribution is 2.48. The molecule has 0 unspecified atom stereocenters. The normalized spacial score (nSPS) is 12.0. The zero-order valence-corrected chi connectivity index (χ0v) is 9.82. The molecule has 0 amide bonds. The second kappa shape index (κ2) is 4.61. The Labute approximate surface area is 85.3 Å².